The van der Waals surface area contributed by atoms with E-state index in [1.165, 1.54) is 21.1 Å². The Morgan fingerprint density at radius 3 is 2.18 bits per heavy atom. The van der Waals surface area contributed by atoms with Gasteiger partial charge >= 0.3 is 0 Å². The minimum atomic E-state index is -4.12. The molecule has 0 unspecified atom stereocenters. The summed E-state index contributed by atoms with van der Waals surface area (Å²) in [4.78, 5) is 8.65. The molecule has 2 N–H and O–H groups in total. The van der Waals surface area contributed by atoms with E-state index in [1.54, 1.807) is 42.1 Å². The highest BCUT2D eigenvalue weighted by atomic mass is 32.2. The summed E-state index contributed by atoms with van der Waals surface area (Å²) in [5.74, 6) is 1.41. The van der Waals surface area contributed by atoms with Crippen molar-refractivity contribution < 1.29 is 27.7 Å². The predicted molar refractivity (Wildman–Crippen MR) is 145 cm³/mol. The lowest BCUT2D eigenvalue weighted by Crippen LogP contribution is -2.40. The van der Waals surface area contributed by atoms with Crippen LogP contribution in [0.25, 0.3) is 5.69 Å². The number of benzene rings is 1. The first-order chi connectivity index (χ1) is 18.4. The highest BCUT2D eigenvalue weighted by Gasteiger charge is 2.43. The first-order valence-electron chi connectivity index (χ1n) is 12.7. The average molecular weight is 561 g/mol. The Kier molecular flexibility index (Phi) is 8.14. The average Bonchev–Trinajstić information content (AvgIpc) is 3.27. The second-order valence-corrected chi connectivity index (χ2v) is 12.4. The summed E-state index contributed by atoms with van der Waals surface area (Å²) in [5.41, 5.74) is 0.448. The van der Waals surface area contributed by atoms with E-state index >= 15 is 0 Å². The number of nitrogens with zero attached hydrogens (tertiary/aromatic N) is 5. The van der Waals surface area contributed by atoms with Crippen molar-refractivity contribution in [3.8, 4) is 17.2 Å². The van der Waals surface area contributed by atoms with Gasteiger partial charge in [-0.1, -0.05) is 6.07 Å². The second-order valence-electron chi connectivity index (χ2n) is 10.4. The topological polar surface area (TPSA) is 151 Å². The van der Waals surface area contributed by atoms with E-state index in [4.69, 9.17) is 14.2 Å². The van der Waals surface area contributed by atoms with Crippen LogP contribution >= 0.6 is 0 Å². The van der Waals surface area contributed by atoms with Gasteiger partial charge in [0.25, 0.3) is 0 Å². The molecule has 1 aliphatic rings. The number of rotatable bonds is 11. The van der Waals surface area contributed by atoms with E-state index in [1.807, 2.05) is 20.8 Å². The summed E-state index contributed by atoms with van der Waals surface area (Å²) < 4.78 is 49.0. The number of methoxy groups -OCH3 is 2. The molecule has 39 heavy (non-hydrogen) atoms. The fourth-order valence-electron chi connectivity index (χ4n) is 4.69. The lowest BCUT2D eigenvalue weighted by atomic mass is 9.72. The Morgan fingerprint density at radius 2 is 1.67 bits per heavy atom. The fraction of sp³-hybridized carbons (Fsp3) is 0.538. The monoisotopic (exact) mass is 560 g/mol. The molecule has 4 rings (SSSR count). The molecule has 0 aliphatic heterocycles. The van der Waals surface area contributed by atoms with Crippen LogP contribution in [0.2, 0.25) is 0 Å². The number of anilines is 1. The first-order valence-corrected chi connectivity index (χ1v) is 14.3. The summed E-state index contributed by atoms with van der Waals surface area (Å²) in [5, 5.41) is 17.9. The molecule has 212 valence electrons. The Hall–Kier alpha value is -3.29. The van der Waals surface area contributed by atoms with E-state index in [2.05, 4.69) is 24.9 Å². The van der Waals surface area contributed by atoms with E-state index < -0.39 is 27.0 Å². The van der Waals surface area contributed by atoms with Crippen molar-refractivity contribution in [2.24, 2.45) is 0 Å². The van der Waals surface area contributed by atoms with Gasteiger partial charge in [-0.15, -0.1) is 10.2 Å². The maximum atomic E-state index is 13.8. The number of nitrogens with one attached hydrogen (secondary N) is 1. The summed E-state index contributed by atoms with van der Waals surface area (Å²) in [6.07, 6.45) is 2.91. The molecule has 0 spiro atoms. The molecule has 2 atom stereocenters. The van der Waals surface area contributed by atoms with Gasteiger partial charge in [-0.25, -0.2) is 18.4 Å². The summed E-state index contributed by atoms with van der Waals surface area (Å²) in [6.45, 7) is 8.77. The quantitative estimate of drug-likeness (QED) is 0.357. The number of para-hydroxylation sites is 1. The van der Waals surface area contributed by atoms with Crippen LogP contribution in [0.4, 0.5) is 5.95 Å². The third-order valence-corrected chi connectivity index (χ3v) is 8.37. The van der Waals surface area contributed by atoms with Gasteiger partial charge in [-0.3, -0.25) is 9.29 Å². The highest BCUT2D eigenvalue weighted by molar-refractivity contribution is 7.93. The lowest BCUT2D eigenvalue weighted by molar-refractivity contribution is -0.0338. The molecule has 0 saturated heterocycles. The first kappa shape index (κ1) is 28.7. The molecular weight excluding hydrogens is 524 g/mol. The number of aromatic nitrogens is 5. The summed E-state index contributed by atoms with van der Waals surface area (Å²) in [6, 6.07) is 5.24. The number of ether oxygens (including phenoxy) is 3. The van der Waals surface area contributed by atoms with Gasteiger partial charge in [0.05, 0.1) is 25.9 Å². The largest absolute Gasteiger partial charge is 0.494 e. The molecule has 0 bridgehead atoms. The van der Waals surface area contributed by atoms with Gasteiger partial charge in [-0.05, 0) is 65.2 Å². The molecule has 0 amide bonds. The van der Waals surface area contributed by atoms with E-state index in [9.17, 15) is 13.5 Å². The number of hydrogen-bond acceptors (Lipinski definition) is 10. The van der Waals surface area contributed by atoms with Crippen molar-refractivity contribution >= 4 is 16.0 Å². The van der Waals surface area contributed by atoms with Crippen LogP contribution in [0.1, 0.15) is 69.8 Å². The van der Waals surface area contributed by atoms with Crippen molar-refractivity contribution in [1.29, 1.82) is 0 Å². The van der Waals surface area contributed by atoms with Crippen LogP contribution in [-0.4, -0.2) is 69.4 Å². The SMILES string of the molecule is COc1cccc(OC)c1-n1c(NS(=O)(=O)[C@@H](C)[C@@H](OC(C)C)c2ncc(C)cn2)nnc1C1CC(C)(O)C1. The van der Waals surface area contributed by atoms with Crippen LogP contribution < -0.4 is 14.2 Å². The minimum absolute atomic E-state index is 0.0423. The molecule has 13 heteroatoms. The smallest absolute Gasteiger partial charge is 0.243 e. The minimum Gasteiger partial charge on any atom is -0.494 e. The van der Waals surface area contributed by atoms with Crippen LogP contribution in [0.15, 0.2) is 30.6 Å². The summed E-state index contributed by atoms with van der Waals surface area (Å²) in [7, 11) is -1.10. The van der Waals surface area contributed by atoms with Crippen molar-refractivity contribution in [2.75, 3.05) is 18.9 Å². The molecule has 1 saturated carbocycles. The van der Waals surface area contributed by atoms with Gasteiger partial charge in [0, 0.05) is 18.3 Å². The van der Waals surface area contributed by atoms with Crippen molar-refractivity contribution in [3.63, 3.8) is 0 Å². The normalized spacial score (nSPS) is 20.8. The second kappa shape index (κ2) is 11.1. The molecular formula is C26H36N6O6S. The Labute approximate surface area is 228 Å². The zero-order valence-corrected chi connectivity index (χ0v) is 24.1. The fourth-order valence-corrected chi connectivity index (χ4v) is 5.77. The summed E-state index contributed by atoms with van der Waals surface area (Å²) >= 11 is 0. The third kappa shape index (κ3) is 5.99. The number of hydrogen-bond donors (Lipinski definition) is 2. The van der Waals surface area contributed by atoms with Crippen molar-refractivity contribution in [1.82, 2.24) is 24.7 Å². The zero-order chi connectivity index (χ0) is 28.5. The molecule has 2 heterocycles. The van der Waals surface area contributed by atoms with Crippen molar-refractivity contribution in [3.05, 3.63) is 47.8 Å². The van der Waals surface area contributed by atoms with E-state index in [0.717, 1.165) is 5.56 Å². The number of sulfonamides is 1. The van der Waals surface area contributed by atoms with Gasteiger partial charge < -0.3 is 19.3 Å². The van der Waals surface area contributed by atoms with Gasteiger partial charge in [0.2, 0.25) is 16.0 Å². The lowest BCUT2D eigenvalue weighted by Gasteiger charge is -2.40. The maximum absolute atomic E-state index is 13.8. The van der Waals surface area contributed by atoms with Gasteiger partial charge in [-0.2, -0.15) is 0 Å². The number of aliphatic hydroxyl groups is 1. The van der Waals surface area contributed by atoms with Crippen LogP contribution in [0.5, 0.6) is 11.5 Å². The molecule has 2 aromatic heterocycles. The van der Waals surface area contributed by atoms with Crippen LogP contribution in [0, 0.1) is 6.92 Å². The molecule has 1 aliphatic carbocycles. The predicted octanol–water partition coefficient (Wildman–Crippen LogP) is 3.31. The number of aryl methyl sites for hydroxylation is 1. The highest BCUT2D eigenvalue weighted by Crippen LogP contribution is 2.46. The van der Waals surface area contributed by atoms with Crippen molar-refractivity contribution in [2.45, 2.75) is 76.4 Å². The molecule has 12 nitrogen and oxygen atoms in total. The van der Waals surface area contributed by atoms with Gasteiger partial charge in [0.1, 0.15) is 34.4 Å². The molecule has 3 aromatic rings. The standard InChI is InChI=1S/C26H36N6O6S/c1-15(2)38-22(23-27-13-16(3)14-28-23)17(4)39(34,35)31-25-30-29-24(18-11-26(5,33)12-18)32(25)21-19(36-6)9-8-10-20(21)37-7/h8-10,13-15,17-18,22,33H,11-12H2,1-7H3,(H,30,31)/t17-,18?,22+,26?/m0/s1. The van der Waals surface area contributed by atoms with Crippen LogP contribution in [-0.2, 0) is 14.8 Å². The Bertz CT molecular complexity index is 1380. The Balaban J connectivity index is 1.78. The Morgan fingerprint density at radius 1 is 1.08 bits per heavy atom. The molecule has 1 aromatic carbocycles. The zero-order valence-electron chi connectivity index (χ0n) is 23.2. The third-order valence-electron chi connectivity index (χ3n) is 6.67. The van der Waals surface area contributed by atoms with E-state index in [0.29, 0.717) is 35.9 Å². The molecule has 0 radical (unpaired) electrons. The molecule has 1 fully saturated rings. The van der Waals surface area contributed by atoms with Gasteiger partial charge in [0.15, 0.2) is 5.82 Å². The van der Waals surface area contributed by atoms with Crippen LogP contribution in [0.3, 0.4) is 0 Å². The maximum Gasteiger partial charge on any atom is 0.243 e. The van der Waals surface area contributed by atoms with E-state index in [-0.39, 0.29) is 23.8 Å².